The molecule has 1 aliphatic rings. The van der Waals surface area contributed by atoms with Gasteiger partial charge in [0.25, 0.3) is 0 Å². The molecule has 0 amide bonds. The molecule has 2 N–H and O–H groups in total. The Morgan fingerprint density at radius 1 is 1.29 bits per heavy atom. The number of rotatable bonds is 3. The van der Waals surface area contributed by atoms with Gasteiger partial charge in [0.05, 0.1) is 12.6 Å². The van der Waals surface area contributed by atoms with E-state index in [4.69, 9.17) is 0 Å². The molecule has 1 saturated heterocycles. The molecule has 14 heavy (non-hydrogen) atoms. The van der Waals surface area contributed by atoms with Gasteiger partial charge in [-0.05, 0) is 18.4 Å². The maximum atomic E-state index is 2.52. The maximum absolute atomic E-state index is 2.52. The molecule has 0 unspecified atom stereocenters. The van der Waals surface area contributed by atoms with Crippen LogP contribution in [-0.2, 0) is 6.42 Å². The molecule has 1 fully saturated rings. The van der Waals surface area contributed by atoms with Crippen LogP contribution in [0.3, 0.4) is 0 Å². The molecule has 1 heteroatoms. The van der Waals surface area contributed by atoms with Crippen molar-refractivity contribution < 1.29 is 5.32 Å². The lowest BCUT2D eigenvalue weighted by Gasteiger charge is -2.14. The number of benzene rings is 1. The minimum absolute atomic E-state index is 0.871. The van der Waals surface area contributed by atoms with Crippen LogP contribution in [0.4, 0.5) is 0 Å². The Hall–Kier alpha value is -0.820. The molecule has 1 aliphatic heterocycles. The molecule has 0 radical (unpaired) electrons. The predicted octanol–water partition coefficient (Wildman–Crippen LogP) is 1.59. The zero-order chi connectivity index (χ0) is 9.80. The van der Waals surface area contributed by atoms with E-state index in [0.29, 0.717) is 0 Å². The zero-order valence-electron chi connectivity index (χ0n) is 8.95. The summed E-state index contributed by atoms with van der Waals surface area (Å²) >= 11 is 0. The van der Waals surface area contributed by atoms with E-state index in [1.54, 1.807) is 0 Å². The van der Waals surface area contributed by atoms with Crippen LogP contribution in [0.5, 0.6) is 0 Å². The van der Waals surface area contributed by atoms with Crippen molar-refractivity contribution in [1.29, 1.82) is 0 Å². The van der Waals surface area contributed by atoms with Gasteiger partial charge in [0.1, 0.15) is 0 Å². The summed E-state index contributed by atoms with van der Waals surface area (Å²) in [6.07, 6.45) is 3.99. The highest BCUT2D eigenvalue weighted by Gasteiger charge is 2.28. The molecule has 2 rings (SSSR count). The van der Waals surface area contributed by atoms with Gasteiger partial charge in [-0.25, -0.2) is 0 Å². The van der Waals surface area contributed by atoms with Crippen molar-refractivity contribution in [3.05, 3.63) is 35.9 Å². The van der Waals surface area contributed by atoms with Crippen molar-refractivity contribution in [3.63, 3.8) is 0 Å². The van der Waals surface area contributed by atoms with Gasteiger partial charge in [0.15, 0.2) is 0 Å². The third-order valence-corrected chi connectivity index (χ3v) is 3.42. The van der Waals surface area contributed by atoms with Crippen LogP contribution in [-0.4, -0.2) is 12.6 Å². The molecule has 0 bridgehead atoms. The second-order valence-electron chi connectivity index (χ2n) is 4.33. The molecule has 2 atom stereocenters. The Morgan fingerprint density at radius 2 is 2.07 bits per heavy atom. The van der Waals surface area contributed by atoms with Crippen molar-refractivity contribution in [2.24, 2.45) is 5.92 Å². The molecule has 1 heterocycles. The van der Waals surface area contributed by atoms with Gasteiger partial charge in [-0.1, -0.05) is 37.3 Å². The molecule has 0 aromatic heterocycles. The Bertz CT molecular complexity index is 268. The molecular formula is C13H20N+. The first-order chi connectivity index (χ1) is 6.90. The average molecular weight is 190 g/mol. The lowest BCUT2D eigenvalue weighted by atomic mass is 9.91. The van der Waals surface area contributed by atoms with Crippen molar-refractivity contribution in [3.8, 4) is 0 Å². The highest BCUT2D eigenvalue weighted by Crippen LogP contribution is 2.18. The van der Waals surface area contributed by atoms with Crippen molar-refractivity contribution in [2.45, 2.75) is 32.2 Å². The molecular weight excluding hydrogens is 170 g/mol. The first kappa shape index (κ1) is 9.72. The van der Waals surface area contributed by atoms with E-state index < -0.39 is 0 Å². The van der Waals surface area contributed by atoms with E-state index in [2.05, 4.69) is 42.6 Å². The van der Waals surface area contributed by atoms with E-state index >= 15 is 0 Å². The van der Waals surface area contributed by atoms with Gasteiger partial charge in [-0.2, -0.15) is 0 Å². The predicted molar refractivity (Wildman–Crippen MR) is 59.1 cm³/mol. The van der Waals surface area contributed by atoms with Gasteiger partial charge < -0.3 is 5.32 Å². The smallest absolute Gasteiger partial charge is 0.0890 e. The monoisotopic (exact) mass is 190 g/mol. The Morgan fingerprint density at radius 3 is 2.79 bits per heavy atom. The highest BCUT2D eigenvalue weighted by molar-refractivity contribution is 5.15. The van der Waals surface area contributed by atoms with Gasteiger partial charge >= 0.3 is 0 Å². The summed E-state index contributed by atoms with van der Waals surface area (Å²) in [4.78, 5) is 0. The molecule has 0 saturated carbocycles. The standard InChI is InChI=1S/C13H19N/c1-2-13-12(8-9-14-13)10-11-6-4-3-5-7-11/h3-7,12-14H,2,8-10H2,1H3/p+1/t12-,13-/m1/s1. The zero-order valence-corrected chi connectivity index (χ0v) is 8.95. The number of hydrogen-bond donors (Lipinski definition) is 1. The highest BCUT2D eigenvalue weighted by atomic mass is 14.9. The van der Waals surface area contributed by atoms with E-state index in [1.165, 1.54) is 31.4 Å². The van der Waals surface area contributed by atoms with Gasteiger partial charge in [-0.3, -0.25) is 0 Å². The molecule has 1 aromatic carbocycles. The van der Waals surface area contributed by atoms with Crippen molar-refractivity contribution >= 4 is 0 Å². The minimum Gasteiger partial charge on any atom is -0.344 e. The number of hydrogen-bond acceptors (Lipinski definition) is 0. The van der Waals surface area contributed by atoms with Crippen LogP contribution in [0, 0.1) is 5.92 Å². The van der Waals surface area contributed by atoms with Crippen molar-refractivity contribution in [1.82, 2.24) is 0 Å². The third-order valence-electron chi connectivity index (χ3n) is 3.42. The van der Waals surface area contributed by atoms with E-state index in [1.807, 2.05) is 0 Å². The van der Waals surface area contributed by atoms with Crippen molar-refractivity contribution in [2.75, 3.05) is 6.54 Å². The third kappa shape index (κ3) is 2.16. The maximum Gasteiger partial charge on any atom is 0.0890 e. The van der Waals surface area contributed by atoms with E-state index in [-0.39, 0.29) is 0 Å². The van der Waals surface area contributed by atoms with Crippen LogP contribution in [0.2, 0.25) is 0 Å². The summed E-state index contributed by atoms with van der Waals surface area (Å²) in [7, 11) is 0. The summed E-state index contributed by atoms with van der Waals surface area (Å²) < 4.78 is 0. The number of quaternary nitrogens is 1. The lowest BCUT2D eigenvalue weighted by Crippen LogP contribution is -2.87. The summed E-state index contributed by atoms with van der Waals surface area (Å²) in [6.45, 7) is 3.64. The van der Waals surface area contributed by atoms with E-state index in [0.717, 1.165) is 12.0 Å². The molecule has 1 aromatic rings. The summed E-state index contributed by atoms with van der Waals surface area (Å²) in [5.74, 6) is 0.905. The first-order valence-corrected chi connectivity index (χ1v) is 5.77. The molecule has 0 spiro atoms. The topological polar surface area (TPSA) is 16.6 Å². The summed E-state index contributed by atoms with van der Waals surface area (Å²) in [5, 5.41) is 2.52. The lowest BCUT2D eigenvalue weighted by molar-refractivity contribution is -0.673. The van der Waals surface area contributed by atoms with Gasteiger partial charge in [0, 0.05) is 12.3 Å². The van der Waals surface area contributed by atoms with Crippen LogP contribution in [0.1, 0.15) is 25.3 Å². The molecule has 76 valence electrons. The fourth-order valence-electron chi connectivity index (χ4n) is 2.60. The average Bonchev–Trinajstić information content (AvgIpc) is 2.67. The second-order valence-corrected chi connectivity index (χ2v) is 4.33. The Kier molecular flexibility index (Phi) is 3.20. The molecule has 0 aliphatic carbocycles. The minimum atomic E-state index is 0.871. The summed E-state index contributed by atoms with van der Waals surface area (Å²) in [6, 6.07) is 11.8. The van der Waals surface area contributed by atoms with Crippen LogP contribution >= 0.6 is 0 Å². The van der Waals surface area contributed by atoms with Gasteiger partial charge in [0.2, 0.25) is 0 Å². The number of nitrogens with two attached hydrogens (primary N) is 1. The SMILES string of the molecule is CC[C@H]1[NH2+]CC[C@@H]1Cc1ccccc1. The Balaban J connectivity index is 1.97. The largest absolute Gasteiger partial charge is 0.344 e. The fraction of sp³-hybridized carbons (Fsp3) is 0.538. The van der Waals surface area contributed by atoms with Crippen LogP contribution < -0.4 is 5.32 Å². The Labute approximate surface area is 86.5 Å². The van der Waals surface area contributed by atoms with Crippen LogP contribution in [0.25, 0.3) is 0 Å². The normalized spacial score (nSPS) is 26.6. The van der Waals surface area contributed by atoms with Gasteiger partial charge in [-0.15, -0.1) is 0 Å². The van der Waals surface area contributed by atoms with Crippen LogP contribution in [0.15, 0.2) is 30.3 Å². The fourth-order valence-corrected chi connectivity index (χ4v) is 2.60. The quantitative estimate of drug-likeness (QED) is 0.745. The first-order valence-electron chi connectivity index (χ1n) is 5.77. The molecule has 1 nitrogen and oxygen atoms in total. The second kappa shape index (κ2) is 4.61. The van der Waals surface area contributed by atoms with E-state index in [9.17, 15) is 0 Å². The summed E-state index contributed by atoms with van der Waals surface area (Å²) in [5.41, 5.74) is 1.51.